The molecule has 17 heavy (non-hydrogen) atoms. The molecule has 0 saturated carbocycles. The Morgan fingerprint density at radius 2 is 2.18 bits per heavy atom. The summed E-state index contributed by atoms with van der Waals surface area (Å²) in [6, 6.07) is 0. The van der Waals surface area contributed by atoms with E-state index in [1.54, 1.807) is 14.0 Å². The first-order valence-electron chi connectivity index (χ1n) is 5.01. The van der Waals surface area contributed by atoms with Gasteiger partial charge in [0.25, 0.3) is 0 Å². The summed E-state index contributed by atoms with van der Waals surface area (Å²) in [6.45, 7) is 2.72. The number of aryl methyl sites for hydroxylation is 1. The zero-order valence-corrected chi connectivity index (χ0v) is 10.7. The van der Waals surface area contributed by atoms with Gasteiger partial charge in [-0.15, -0.1) is 0 Å². The lowest BCUT2D eigenvalue weighted by molar-refractivity contribution is 0.179. The maximum absolute atomic E-state index is 4.97. The van der Waals surface area contributed by atoms with Crippen molar-refractivity contribution in [2.24, 2.45) is 0 Å². The molecule has 2 aromatic heterocycles. The average Bonchev–Trinajstić information content (AvgIpc) is 2.88. The maximum Gasteiger partial charge on any atom is 0.223 e. The molecule has 0 aliphatic carbocycles. The summed E-state index contributed by atoms with van der Waals surface area (Å²) in [5.41, 5.74) is 0. The number of hydrogen-bond acceptors (Lipinski definition) is 8. The number of aromatic nitrogens is 4. The molecule has 92 valence electrons. The Kier molecular flexibility index (Phi) is 3.64. The molecule has 0 N–H and O–H groups in total. The van der Waals surface area contributed by atoms with Crippen molar-refractivity contribution in [2.75, 3.05) is 19.1 Å². The number of ether oxygens (including phenoxy) is 1. The van der Waals surface area contributed by atoms with Crippen molar-refractivity contribution in [1.82, 2.24) is 19.5 Å². The molecule has 0 aromatic carbocycles. The minimum Gasteiger partial charge on any atom is -0.377 e. The zero-order valence-electron chi connectivity index (χ0n) is 9.88. The summed E-state index contributed by atoms with van der Waals surface area (Å²) in [5, 5.41) is 4.63. The molecule has 0 bridgehead atoms. The van der Waals surface area contributed by atoms with E-state index in [1.807, 2.05) is 11.9 Å². The lowest BCUT2D eigenvalue weighted by Gasteiger charge is -2.11. The maximum atomic E-state index is 4.97. The second kappa shape index (κ2) is 5.19. The van der Waals surface area contributed by atoms with Crippen LogP contribution in [0.5, 0.6) is 0 Å². The van der Waals surface area contributed by atoms with E-state index in [2.05, 4.69) is 19.5 Å². The Bertz CT molecular complexity index is 483. The van der Waals surface area contributed by atoms with Gasteiger partial charge >= 0.3 is 0 Å². The van der Waals surface area contributed by atoms with E-state index in [4.69, 9.17) is 9.26 Å². The quantitative estimate of drug-likeness (QED) is 0.789. The molecule has 0 aliphatic heterocycles. The lowest BCUT2D eigenvalue weighted by Crippen LogP contribution is -2.17. The molecule has 8 heteroatoms. The minimum atomic E-state index is 0.422. The van der Waals surface area contributed by atoms with Crippen molar-refractivity contribution in [1.29, 1.82) is 0 Å². The summed E-state index contributed by atoms with van der Waals surface area (Å²) < 4.78 is 14.0. The van der Waals surface area contributed by atoms with Crippen molar-refractivity contribution in [2.45, 2.75) is 20.1 Å². The van der Waals surface area contributed by atoms with E-state index >= 15 is 0 Å². The van der Waals surface area contributed by atoms with Crippen LogP contribution in [0.3, 0.4) is 0 Å². The molecule has 0 saturated heterocycles. The van der Waals surface area contributed by atoms with Crippen LogP contribution in [0.25, 0.3) is 0 Å². The molecule has 0 atom stereocenters. The molecular weight excluding hydrogens is 242 g/mol. The smallest absolute Gasteiger partial charge is 0.223 e. The molecule has 0 aliphatic rings. The second-order valence-electron chi connectivity index (χ2n) is 3.51. The third kappa shape index (κ3) is 2.98. The van der Waals surface area contributed by atoms with Crippen molar-refractivity contribution in [3.05, 3.63) is 17.5 Å². The van der Waals surface area contributed by atoms with Gasteiger partial charge in [-0.1, -0.05) is 5.16 Å². The van der Waals surface area contributed by atoms with E-state index in [9.17, 15) is 0 Å². The highest BCUT2D eigenvalue weighted by molar-refractivity contribution is 7.09. The molecule has 0 spiro atoms. The van der Waals surface area contributed by atoms with Crippen molar-refractivity contribution in [3.8, 4) is 0 Å². The SMILES string of the molecule is COCc1nsc(N(C)Cc2noc(C)n2)n1. The van der Waals surface area contributed by atoms with E-state index < -0.39 is 0 Å². The van der Waals surface area contributed by atoms with Crippen molar-refractivity contribution in [3.63, 3.8) is 0 Å². The predicted octanol–water partition coefficient (Wildman–Crippen LogP) is 1.01. The zero-order chi connectivity index (χ0) is 12.3. The molecular formula is C9H13N5O2S. The van der Waals surface area contributed by atoms with Crippen LogP contribution >= 0.6 is 11.5 Å². The topological polar surface area (TPSA) is 77.2 Å². The Morgan fingerprint density at radius 1 is 1.35 bits per heavy atom. The average molecular weight is 255 g/mol. The van der Waals surface area contributed by atoms with Gasteiger partial charge in [0.15, 0.2) is 11.6 Å². The van der Waals surface area contributed by atoms with Gasteiger partial charge in [0.2, 0.25) is 11.0 Å². The summed E-state index contributed by atoms with van der Waals surface area (Å²) >= 11 is 1.32. The summed E-state index contributed by atoms with van der Waals surface area (Å²) in [6.07, 6.45) is 0. The van der Waals surface area contributed by atoms with E-state index in [1.165, 1.54) is 11.5 Å². The van der Waals surface area contributed by atoms with Crippen LogP contribution in [0, 0.1) is 6.92 Å². The molecule has 0 fully saturated rings. The number of rotatable bonds is 5. The van der Waals surface area contributed by atoms with Crippen LogP contribution in [-0.2, 0) is 17.9 Å². The number of methoxy groups -OCH3 is 1. The molecule has 0 unspecified atom stereocenters. The van der Waals surface area contributed by atoms with E-state index in [0.717, 1.165) is 5.13 Å². The van der Waals surface area contributed by atoms with E-state index in [0.29, 0.717) is 30.7 Å². The molecule has 2 rings (SSSR count). The number of anilines is 1. The summed E-state index contributed by atoms with van der Waals surface area (Å²) in [4.78, 5) is 10.4. The Balaban J connectivity index is 2.01. The van der Waals surface area contributed by atoms with Gasteiger partial charge in [0.05, 0.1) is 6.54 Å². The van der Waals surface area contributed by atoms with Crippen LogP contribution < -0.4 is 4.90 Å². The Hall–Kier alpha value is -1.54. The Labute approximate surface area is 103 Å². The highest BCUT2D eigenvalue weighted by atomic mass is 32.1. The molecule has 2 heterocycles. The fourth-order valence-electron chi connectivity index (χ4n) is 1.27. The predicted molar refractivity (Wildman–Crippen MR) is 61.8 cm³/mol. The lowest BCUT2D eigenvalue weighted by atomic mass is 10.5. The fraction of sp³-hybridized carbons (Fsp3) is 0.556. The van der Waals surface area contributed by atoms with Crippen LogP contribution in [0.2, 0.25) is 0 Å². The van der Waals surface area contributed by atoms with Gasteiger partial charge in [0, 0.05) is 32.6 Å². The highest BCUT2D eigenvalue weighted by Gasteiger charge is 2.11. The third-order valence-electron chi connectivity index (χ3n) is 2.01. The van der Waals surface area contributed by atoms with Gasteiger partial charge in [-0.05, 0) is 0 Å². The van der Waals surface area contributed by atoms with Gasteiger partial charge < -0.3 is 14.2 Å². The highest BCUT2D eigenvalue weighted by Crippen LogP contribution is 2.17. The third-order valence-corrected chi connectivity index (χ3v) is 2.87. The van der Waals surface area contributed by atoms with Crippen LogP contribution in [0.1, 0.15) is 17.5 Å². The summed E-state index contributed by atoms with van der Waals surface area (Å²) in [5.74, 6) is 1.88. The molecule has 7 nitrogen and oxygen atoms in total. The van der Waals surface area contributed by atoms with Crippen LogP contribution in [-0.4, -0.2) is 33.7 Å². The fourth-order valence-corrected chi connectivity index (χ4v) is 1.90. The molecule has 0 radical (unpaired) electrons. The monoisotopic (exact) mass is 255 g/mol. The second-order valence-corrected chi connectivity index (χ2v) is 4.24. The minimum absolute atomic E-state index is 0.422. The van der Waals surface area contributed by atoms with Gasteiger partial charge in [-0.2, -0.15) is 9.36 Å². The van der Waals surface area contributed by atoms with Crippen LogP contribution in [0.4, 0.5) is 5.13 Å². The van der Waals surface area contributed by atoms with Crippen LogP contribution in [0.15, 0.2) is 4.52 Å². The number of nitrogens with zero attached hydrogens (tertiary/aromatic N) is 5. The largest absolute Gasteiger partial charge is 0.377 e. The van der Waals surface area contributed by atoms with Crippen molar-refractivity contribution >= 4 is 16.7 Å². The first-order chi connectivity index (χ1) is 8.19. The summed E-state index contributed by atoms with van der Waals surface area (Å²) in [7, 11) is 3.52. The van der Waals surface area contributed by atoms with E-state index in [-0.39, 0.29) is 0 Å². The molecule has 2 aromatic rings. The number of hydrogen-bond donors (Lipinski definition) is 0. The van der Waals surface area contributed by atoms with Crippen molar-refractivity contribution < 1.29 is 9.26 Å². The first kappa shape index (κ1) is 11.9. The standard InChI is InChI=1S/C9H13N5O2S/c1-6-10-7(12-16-6)4-14(2)9-11-8(5-15-3)13-17-9/h4-5H2,1-3H3. The normalized spacial score (nSPS) is 10.8. The Morgan fingerprint density at radius 3 is 2.82 bits per heavy atom. The first-order valence-corrected chi connectivity index (χ1v) is 5.78. The van der Waals surface area contributed by atoms with Gasteiger partial charge in [-0.3, -0.25) is 0 Å². The van der Waals surface area contributed by atoms with Gasteiger partial charge in [-0.25, -0.2) is 4.98 Å². The van der Waals surface area contributed by atoms with Gasteiger partial charge in [0.1, 0.15) is 6.61 Å². The molecule has 0 amide bonds.